The molecule has 10 heteroatoms. The molecule has 0 spiro atoms. The highest BCUT2D eigenvalue weighted by molar-refractivity contribution is 5.90. The third-order valence-corrected chi connectivity index (χ3v) is 6.53. The third-order valence-electron chi connectivity index (χ3n) is 6.53. The molecule has 1 fully saturated rings. The first kappa shape index (κ1) is 22.8. The summed E-state index contributed by atoms with van der Waals surface area (Å²) in [7, 11) is 0. The molecule has 0 atom stereocenters. The summed E-state index contributed by atoms with van der Waals surface area (Å²) in [5, 5.41) is 2.93. The molecule has 2 aromatic carbocycles. The Balaban J connectivity index is 1.18. The van der Waals surface area contributed by atoms with Crippen molar-refractivity contribution in [3.63, 3.8) is 0 Å². The molecule has 4 aromatic rings. The molecule has 0 radical (unpaired) electrons. The Hall–Kier alpha value is -4.60. The number of benzene rings is 2. The monoisotopic (exact) mass is 498 g/mol. The van der Waals surface area contributed by atoms with Gasteiger partial charge in [0.2, 0.25) is 0 Å². The van der Waals surface area contributed by atoms with Crippen molar-refractivity contribution in [2.75, 3.05) is 49.6 Å². The van der Waals surface area contributed by atoms with Gasteiger partial charge in [-0.15, -0.1) is 0 Å². The summed E-state index contributed by atoms with van der Waals surface area (Å²) in [6.45, 7) is 3.31. The average Bonchev–Trinajstić information content (AvgIpc) is 2.95. The summed E-state index contributed by atoms with van der Waals surface area (Å²) >= 11 is 0. The summed E-state index contributed by atoms with van der Waals surface area (Å²) in [6, 6.07) is 18.7. The summed E-state index contributed by atoms with van der Waals surface area (Å²) in [4.78, 5) is 39.3. The van der Waals surface area contributed by atoms with E-state index in [1.165, 1.54) is 0 Å². The first-order valence-electron chi connectivity index (χ1n) is 12.3. The van der Waals surface area contributed by atoms with Crippen molar-refractivity contribution in [2.45, 2.75) is 6.54 Å². The number of rotatable bonds is 4. The quantitative estimate of drug-likeness (QED) is 0.462. The van der Waals surface area contributed by atoms with Gasteiger partial charge in [-0.05, 0) is 29.8 Å². The molecule has 37 heavy (non-hydrogen) atoms. The number of carbonyl (C=O) groups excluding carboxylic acids is 1. The fourth-order valence-corrected chi connectivity index (χ4v) is 4.63. The average molecular weight is 499 g/mol. The van der Waals surface area contributed by atoms with Crippen molar-refractivity contribution in [1.82, 2.24) is 19.4 Å². The largest absolute Gasteiger partial charge is 0.486 e. The van der Waals surface area contributed by atoms with Gasteiger partial charge in [-0.2, -0.15) is 0 Å². The van der Waals surface area contributed by atoms with Crippen LogP contribution in [-0.4, -0.2) is 64.9 Å². The molecule has 0 saturated carbocycles. The fourth-order valence-electron chi connectivity index (χ4n) is 4.63. The molecular formula is C27H26N6O4. The van der Waals surface area contributed by atoms with Gasteiger partial charge in [0.15, 0.2) is 23.0 Å². The van der Waals surface area contributed by atoms with Crippen LogP contribution in [-0.2, 0) is 6.54 Å². The zero-order valence-corrected chi connectivity index (χ0v) is 20.2. The number of anilines is 2. The molecule has 188 valence electrons. The normalized spacial score (nSPS) is 15.0. The highest BCUT2D eigenvalue weighted by Gasteiger charge is 2.25. The number of carbonyl (C=O) groups is 1. The van der Waals surface area contributed by atoms with Gasteiger partial charge in [0.05, 0.1) is 6.54 Å². The van der Waals surface area contributed by atoms with E-state index in [2.05, 4.69) is 15.3 Å². The van der Waals surface area contributed by atoms with Crippen LogP contribution >= 0.6 is 0 Å². The zero-order chi connectivity index (χ0) is 25.2. The number of pyridine rings is 1. The second kappa shape index (κ2) is 9.81. The van der Waals surface area contributed by atoms with Gasteiger partial charge in [0.1, 0.15) is 18.7 Å². The smallest absolute Gasteiger partial charge is 0.321 e. The van der Waals surface area contributed by atoms with Gasteiger partial charge in [0.25, 0.3) is 5.56 Å². The van der Waals surface area contributed by atoms with E-state index in [1.807, 2.05) is 47.4 Å². The van der Waals surface area contributed by atoms with Crippen molar-refractivity contribution >= 4 is 28.7 Å². The van der Waals surface area contributed by atoms with E-state index in [4.69, 9.17) is 9.47 Å². The predicted molar refractivity (Wildman–Crippen MR) is 140 cm³/mol. The number of nitrogens with zero attached hydrogens (tertiary/aromatic N) is 5. The Bertz CT molecular complexity index is 1500. The van der Waals surface area contributed by atoms with Crippen molar-refractivity contribution in [3.8, 4) is 11.5 Å². The van der Waals surface area contributed by atoms with Gasteiger partial charge in [0, 0.05) is 44.1 Å². The maximum Gasteiger partial charge on any atom is 0.321 e. The molecule has 10 nitrogen and oxygen atoms in total. The minimum Gasteiger partial charge on any atom is -0.486 e. The van der Waals surface area contributed by atoms with Crippen molar-refractivity contribution in [3.05, 3.63) is 82.8 Å². The molecular weight excluding hydrogens is 472 g/mol. The molecule has 2 aliphatic heterocycles. The molecule has 0 aliphatic carbocycles. The molecule has 1 saturated heterocycles. The molecule has 2 aliphatic rings. The number of nitrogens with one attached hydrogen (secondary N) is 1. The highest BCUT2D eigenvalue weighted by atomic mass is 16.6. The predicted octanol–water partition coefficient (Wildman–Crippen LogP) is 2.97. The van der Waals surface area contributed by atoms with Gasteiger partial charge >= 0.3 is 6.03 Å². The molecule has 0 unspecified atom stereocenters. The Morgan fingerprint density at radius 2 is 1.70 bits per heavy atom. The SMILES string of the molecule is O=C(Nc1ccc2c(c1)OCCO2)N1CCN(c2nc3cccnc3n(Cc3ccccc3)c2=O)CC1. The fraction of sp³-hybridized carbons (Fsp3) is 0.259. The molecule has 2 aromatic heterocycles. The number of hydrogen-bond acceptors (Lipinski definition) is 7. The Kier molecular flexibility index (Phi) is 6.05. The number of ether oxygens (including phenoxy) is 2. The maximum atomic E-state index is 13.6. The Labute approximate surface area is 213 Å². The summed E-state index contributed by atoms with van der Waals surface area (Å²) < 4.78 is 12.8. The van der Waals surface area contributed by atoms with Gasteiger partial charge in [-0.1, -0.05) is 30.3 Å². The van der Waals surface area contributed by atoms with Gasteiger partial charge in [-0.25, -0.2) is 14.8 Å². The lowest BCUT2D eigenvalue weighted by Gasteiger charge is -2.35. The van der Waals surface area contributed by atoms with Gasteiger partial charge in [-0.3, -0.25) is 9.36 Å². The number of urea groups is 1. The van der Waals surface area contributed by atoms with Crippen LogP contribution in [0.25, 0.3) is 11.2 Å². The second-order valence-corrected chi connectivity index (χ2v) is 8.92. The topological polar surface area (TPSA) is 102 Å². The number of aromatic nitrogens is 3. The van der Waals surface area contributed by atoms with Crippen LogP contribution in [0.2, 0.25) is 0 Å². The molecule has 6 rings (SSSR count). The molecule has 2 amide bonds. The van der Waals surface area contributed by atoms with E-state index in [1.54, 1.807) is 33.9 Å². The first-order valence-corrected chi connectivity index (χ1v) is 12.3. The van der Waals surface area contributed by atoms with Crippen molar-refractivity contribution < 1.29 is 14.3 Å². The van der Waals surface area contributed by atoms with E-state index in [-0.39, 0.29) is 11.6 Å². The summed E-state index contributed by atoms with van der Waals surface area (Å²) in [5.41, 5.74) is 2.67. The minimum atomic E-state index is -0.200. The van der Waals surface area contributed by atoms with E-state index in [0.29, 0.717) is 80.1 Å². The van der Waals surface area contributed by atoms with Crippen molar-refractivity contribution in [1.29, 1.82) is 0 Å². The van der Waals surface area contributed by atoms with Crippen LogP contribution in [0.4, 0.5) is 16.3 Å². The van der Waals surface area contributed by atoms with E-state index >= 15 is 0 Å². The van der Waals surface area contributed by atoms with Crippen LogP contribution in [0.1, 0.15) is 5.56 Å². The molecule has 1 N–H and O–H groups in total. The first-order chi connectivity index (χ1) is 18.2. The van der Waals surface area contributed by atoms with E-state index in [9.17, 15) is 9.59 Å². The zero-order valence-electron chi connectivity index (χ0n) is 20.2. The number of hydrogen-bond donors (Lipinski definition) is 1. The standard InChI is InChI=1S/C27H26N6O4/c34-26-25(30-21-7-4-10-28-24(21)33(26)18-19-5-2-1-3-6-19)31-11-13-32(14-12-31)27(35)29-20-8-9-22-23(17-20)37-16-15-36-22/h1-10,17H,11-16,18H2,(H,29,35). The van der Waals surface area contributed by atoms with Crippen LogP contribution in [0.15, 0.2) is 71.7 Å². The number of piperazine rings is 1. The number of fused-ring (bicyclic) bond motifs is 2. The lowest BCUT2D eigenvalue weighted by Crippen LogP contribution is -2.51. The highest BCUT2D eigenvalue weighted by Crippen LogP contribution is 2.32. The van der Waals surface area contributed by atoms with Gasteiger partial charge < -0.3 is 24.6 Å². The van der Waals surface area contributed by atoms with Crippen LogP contribution < -0.4 is 25.2 Å². The lowest BCUT2D eigenvalue weighted by molar-refractivity contribution is 0.171. The number of amides is 2. The third kappa shape index (κ3) is 4.65. The Morgan fingerprint density at radius 1 is 0.919 bits per heavy atom. The van der Waals surface area contributed by atoms with E-state index < -0.39 is 0 Å². The van der Waals surface area contributed by atoms with Crippen LogP contribution in [0, 0.1) is 0 Å². The minimum absolute atomic E-state index is 0.191. The van der Waals surface area contributed by atoms with Crippen molar-refractivity contribution in [2.24, 2.45) is 0 Å². The lowest BCUT2D eigenvalue weighted by atomic mass is 10.2. The molecule has 0 bridgehead atoms. The second-order valence-electron chi connectivity index (χ2n) is 8.92. The van der Waals surface area contributed by atoms with Crippen LogP contribution in [0.5, 0.6) is 11.5 Å². The summed E-state index contributed by atoms with van der Waals surface area (Å²) in [5.74, 6) is 1.68. The Morgan fingerprint density at radius 3 is 2.51 bits per heavy atom. The maximum absolute atomic E-state index is 13.6. The molecule has 4 heterocycles. The summed E-state index contributed by atoms with van der Waals surface area (Å²) in [6.07, 6.45) is 1.67. The van der Waals surface area contributed by atoms with E-state index in [0.717, 1.165) is 5.56 Å². The van der Waals surface area contributed by atoms with Crippen LogP contribution in [0.3, 0.4) is 0 Å².